The molecule has 1 aromatic heterocycles. The van der Waals surface area contributed by atoms with Gasteiger partial charge in [-0.25, -0.2) is 4.57 Å². The summed E-state index contributed by atoms with van der Waals surface area (Å²) in [7, 11) is 0. The summed E-state index contributed by atoms with van der Waals surface area (Å²) in [5.41, 5.74) is 8.15. The molecule has 3 rings (SSSR count). The summed E-state index contributed by atoms with van der Waals surface area (Å²) < 4.78 is 4.18. The van der Waals surface area contributed by atoms with Crippen molar-refractivity contribution < 1.29 is 4.57 Å². The molecule has 0 fully saturated rings. The summed E-state index contributed by atoms with van der Waals surface area (Å²) in [4.78, 5) is 0. The van der Waals surface area contributed by atoms with E-state index in [4.69, 9.17) is 5.73 Å². The number of nitrogens with zero attached hydrogens (tertiary/aromatic N) is 3. The molecule has 0 radical (unpaired) electrons. The first-order chi connectivity index (χ1) is 8.29. The van der Waals surface area contributed by atoms with Crippen LogP contribution in [0.2, 0.25) is 0 Å². The Kier molecular flexibility index (Phi) is 2.44. The third-order valence-electron chi connectivity index (χ3n) is 3.48. The fraction of sp³-hybridized carbons (Fsp3) is 0.385. The molecular weight excluding hydrogens is 212 g/mol. The first-order valence-corrected chi connectivity index (χ1v) is 6.05. The standard InChI is InChI=1S/C13H17N4/c1-10-4-2-3-5-12(10)17-9-16-11(8-14)6-7-13(16)15-17/h2-5,9,11H,6-8,14H2,1H3/q+1. The van der Waals surface area contributed by atoms with E-state index in [1.165, 1.54) is 5.56 Å². The van der Waals surface area contributed by atoms with Gasteiger partial charge in [0.05, 0.1) is 6.04 Å². The van der Waals surface area contributed by atoms with Crippen molar-refractivity contribution in [1.82, 2.24) is 9.78 Å². The smallest absolute Gasteiger partial charge is 0.278 e. The molecule has 1 aliphatic rings. The van der Waals surface area contributed by atoms with E-state index in [0.717, 1.165) is 24.4 Å². The second-order valence-corrected chi connectivity index (χ2v) is 4.60. The lowest BCUT2D eigenvalue weighted by atomic mass is 10.2. The number of rotatable bonds is 2. The van der Waals surface area contributed by atoms with E-state index in [2.05, 4.69) is 35.0 Å². The Morgan fingerprint density at radius 3 is 3.06 bits per heavy atom. The van der Waals surface area contributed by atoms with Crippen LogP contribution in [0.25, 0.3) is 5.69 Å². The van der Waals surface area contributed by atoms with Gasteiger partial charge in [0.15, 0.2) is 0 Å². The number of hydrogen-bond donors (Lipinski definition) is 1. The Labute approximate surface area is 101 Å². The van der Waals surface area contributed by atoms with E-state index in [1.54, 1.807) is 0 Å². The van der Waals surface area contributed by atoms with Crippen molar-refractivity contribution >= 4 is 0 Å². The van der Waals surface area contributed by atoms with Crippen LogP contribution in [0.4, 0.5) is 0 Å². The quantitative estimate of drug-likeness (QED) is 0.778. The highest BCUT2D eigenvalue weighted by molar-refractivity contribution is 5.38. The lowest BCUT2D eigenvalue weighted by molar-refractivity contribution is -0.714. The van der Waals surface area contributed by atoms with Crippen molar-refractivity contribution in [2.45, 2.75) is 25.8 Å². The van der Waals surface area contributed by atoms with Gasteiger partial charge < -0.3 is 5.73 Å². The maximum atomic E-state index is 5.77. The van der Waals surface area contributed by atoms with Crippen molar-refractivity contribution in [3.8, 4) is 5.69 Å². The highest BCUT2D eigenvalue weighted by Crippen LogP contribution is 2.17. The molecule has 0 aliphatic carbocycles. The van der Waals surface area contributed by atoms with E-state index in [1.807, 2.05) is 16.8 Å². The summed E-state index contributed by atoms with van der Waals surface area (Å²) in [6.45, 7) is 2.80. The van der Waals surface area contributed by atoms with Crippen molar-refractivity contribution in [3.05, 3.63) is 42.0 Å². The van der Waals surface area contributed by atoms with Crippen LogP contribution in [-0.2, 0) is 6.42 Å². The topological polar surface area (TPSA) is 47.7 Å². The van der Waals surface area contributed by atoms with Gasteiger partial charge in [0.2, 0.25) is 6.33 Å². The Bertz CT molecular complexity index is 544. The molecule has 0 saturated carbocycles. The van der Waals surface area contributed by atoms with Gasteiger partial charge in [-0.15, -0.1) is 0 Å². The zero-order valence-electron chi connectivity index (χ0n) is 10.0. The molecule has 4 heteroatoms. The minimum Gasteiger partial charge on any atom is -0.327 e. The molecule has 0 saturated heterocycles. The molecule has 2 aromatic rings. The third kappa shape index (κ3) is 1.65. The van der Waals surface area contributed by atoms with Crippen molar-refractivity contribution in [2.75, 3.05) is 6.54 Å². The largest absolute Gasteiger partial charge is 0.327 e. The van der Waals surface area contributed by atoms with Crippen LogP contribution in [0, 0.1) is 6.92 Å². The molecule has 88 valence electrons. The van der Waals surface area contributed by atoms with Crippen LogP contribution >= 0.6 is 0 Å². The normalized spacial score (nSPS) is 18.4. The maximum Gasteiger partial charge on any atom is 0.278 e. The Balaban J connectivity index is 2.04. The van der Waals surface area contributed by atoms with E-state index in [0.29, 0.717) is 12.6 Å². The molecular formula is C13H17N4+. The molecule has 0 amide bonds. The molecule has 2 heterocycles. The minimum atomic E-state index is 0.419. The first kappa shape index (κ1) is 10.5. The van der Waals surface area contributed by atoms with Gasteiger partial charge in [0.1, 0.15) is 5.69 Å². The number of nitrogens with two attached hydrogens (primary N) is 1. The van der Waals surface area contributed by atoms with Crippen molar-refractivity contribution in [2.24, 2.45) is 5.73 Å². The van der Waals surface area contributed by atoms with Gasteiger partial charge in [0, 0.05) is 18.1 Å². The summed E-state index contributed by atoms with van der Waals surface area (Å²) in [6, 6.07) is 8.71. The predicted molar refractivity (Wildman–Crippen MR) is 64.9 cm³/mol. The van der Waals surface area contributed by atoms with E-state index in [9.17, 15) is 0 Å². The molecule has 1 unspecified atom stereocenters. The zero-order valence-corrected chi connectivity index (χ0v) is 10.0. The molecule has 1 atom stereocenters. The minimum absolute atomic E-state index is 0.419. The maximum absolute atomic E-state index is 5.77. The van der Waals surface area contributed by atoms with Crippen molar-refractivity contribution in [3.63, 3.8) is 0 Å². The number of aromatic nitrogens is 3. The van der Waals surface area contributed by atoms with Crippen LogP contribution in [0.5, 0.6) is 0 Å². The van der Waals surface area contributed by atoms with E-state index >= 15 is 0 Å². The first-order valence-electron chi connectivity index (χ1n) is 6.05. The Hall–Kier alpha value is -1.68. The molecule has 4 nitrogen and oxygen atoms in total. The summed E-state index contributed by atoms with van der Waals surface area (Å²) in [6.07, 6.45) is 4.22. The van der Waals surface area contributed by atoms with Gasteiger partial charge in [0.25, 0.3) is 5.82 Å². The Morgan fingerprint density at radius 1 is 1.47 bits per heavy atom. The van der Waals surface area contributed by atoms with E-state index in [-0.39, 0.29) is 0 Å². The molecule has 2 N–H and O–H groups in total. The SMILES string of the molecule is Cc1ccccc1-n1c[n+]2c(n1)CCC2CN. The number of aryl methyl sites for hydroxylation is 2. The van der Waals surface area contributed by atoms with Crippen LogP contribution in [0.1, 0.15) is 23.9 Å². The van der Waals surface area contributed by atoms with Gasteiger partial charge in [-0.1, -0.05) is 22.9 Å². The van der Waals surface area contributed by atoms with Gasteiger partial charge in [-0.2, -0.15) is 0 Å². The molecule has 17 heavy (non-hydrogen) atoms. The Morgan fingerprint density at radius 2 is 2.29 bits per heavy atom. The summed E-state index contributed by atoms with van der Waals surface area (Å²) >= 11 is 0. The highest BCUT2D eigenvalue weighted by Gasteiger charge is 2.30. The lowest BCUT2D eigenvalue weighted by Crippen LogP contribution is -2.40. The number of hydrogen-bond acceptors (Lipinski definition) is 2. The zero-order chi connectivity index (χ0) is 11.8. The summed E-state index contributed by atoms with van der Waals surface area (Å²) in [5, 5.41) is 4.64. The third-order valence-corrected chi connectivity index (χ3v) is 3.48. The van der Waals surface area contributed by atoms with Crippen LogP contribution < -0.4 is 10.3 Å². The van der Waals surface area contributed by atoms with Crippen LogP contribution in [0.3, 0.4) is 0 Å². The predicted octanol–water partition coefficient (Wildman–Crippen LogP) is 0.914. The van der Waals surface area contributed by atoms with Crippen LogP contribution in [-0.4, -0.2) is 16.3 Å². The fourth-order valence-electron chi connectivity index (χ4n) is 2.47. The van der Waals surface area contributed by atoms with Crippen molar-refractivity contribution in [1.29, 1.82) is 0 Å². The second kappa shape index (κ2) is 3.96. The molecule has 1 aliphatic heterocycles. The average Bonchev–Trinajstić information content (AvgIpc) is 2.88. The number of fused-ring (bicyclic) bond motifs is 1. The van der Waals surface area contributed by atoms with E-state index < -0.39 is 0 Å². The molecule has 1 aromatic carbocycles. The van der Waals surface area contributed by atoms with Gasteiger partial charge >= 0.3 is 0 Å². The lowest BCUT2D eigenvalue weighted by Gasteiger charge is -2.03. The molecule has 0 spiro atoms. The summed E-state index contributed by atoms with van der Waals surface area (Å²) in [5.74, 6) is 1.14. The molecule has 0 bridgehead atoms. The van der Waals surface area contributed by atoms with Gasteiger partial charge in [-0.05, 0) is 25.0 Å². The second-order valence-electron chi connectivity index (χ2n) is 4.60. The fourth-order valence-corrected chi connectivity index (χ4v) is 2.47. The van der Waals surface area contributed by atoms with Crippen LogP contribution in [0.15, 0.2) is 30.6 Å². The average molecular weight is 229 g/mol. The number of benzene rings is 1. The monoisotopic (exact) mass is 229 g/mol. The van der Waals surface area contributed by atoms with Gasteiger partial charge in [-0.3, -0.25) is 0 Å². The highest BCUT2D eigenvalue weighted by atomic mass is 15.4. The number of para-hydroxylation sites is 1.